The standard InChI is InChI=1S/C17H19ClN2O5S.ClH/c1-11-16(9-15(25-11)17(21)24-2)26(22,23)20-8-7-19-10-14(20)12-5-3-4-6-13(12)18;/h3-6,9,14,19H,7-8,10H2,1-2H3;1H. The highest BCUT2D eigenvalue weighted by molar-refractivity contribution is 7.89. The van der Waals surface area contributed by atoms with Crippen molar-refractivity contribution in [1.29, 1.82) is 0 Å². The van der Waals surface area contributed by atoms with E-state index in [1.807, 2.05) is 12.1 Å². The average molecular weight is 435 g/mol. The Kier molecular flexibility index (Phi) is 6.93. The maximum Gasteiger partial charge on any atom is 0.373 e. The predicted molar refractivity (Wildman–Crippen MR) is 103 cm³/mol. The Morgan fingerprint density at radius 3 is 2.74 bits per heavy atom. The van der Waals surface area contributed by atoms with E-state index in [1.165, 1.54) is 24.4 Å². The van der Waals surface area contributed by atoms with Crippen LogP contribution < -0.4 is 5.32 Å². The highest BCUT2D eigenvalue weighted by atomic mass is 35.5. The molecule has 1 aromatic carbocycles. The van der Waals surface area contributed by atoms with Crippen LogP contribution in [0.1, 0.15) is 27.9 Å². The highest BCUT2D eigenvalue weighted by Gasteiger charge is 2.37. The summed E-state index contributed by atoms with van der Waals surface area (Å²) in [5, 5.41) is 3.70. The van der Waals surface area contributed by atoms with E-state index in [4.69, 9.17) is 16.0 Å². The number of benzene rings is 1. The number of methoxy groups -OCH3 is 1. The Bertz CT molecular complexity index is 929. The Morgan fingerprint density at radius 2 is 2.07 bits per heavy atom. The van der Waals surface area contributed by atoms with Gasteiger partial charge in [0.15, 0.2) is 0 Å². The normalized spacial score (nSPS) is 18.0. The van der Waals surface area contributed by atoms with E-state index in [9.17, 15) is 13.2 Å². The number of ether oxygens (including phenoxy) is 1. The minimum atomic E-state index is -3.89. The lowest BCUT2D eigenvalue weighted by atomic mass is 10.1. The Morgan fingerprint density at radius 1 is 1.37 bits per heavy atom. The van der Waals surface area contributed by atoms with Gasteiger partial charge in [-0.25, -0.2) is 13.2 Å². The molecule has 1 aliphatic rings. The summed E-state index contributed by atoms with van der Waals surface area (Å²) in [7, 11) is -2.69. The zero-order chi connectivity index (χ0) is 18.9. The number of hydrogen-bond acceptors (Lipinski definition) is 6. The summed E-state index contributed by atoms with van der Waals surface area (Å²) >= 11 is 6.29. The molecule has 1 atom stereocenters. The molecule has 0 spiro atoms. The van der Waals surface area contributed by atoms with Crippen molar-refractivity contribution < 1.29 is 22.4 Å². The van der Waals surface area contributed by atoms with Crippen LogP contribution in [0.15, 0.2) is 39.6 Å². The molecule has 1 N–H and O–H groups in total. The lowest BCUT2D eigenvalue weighted by Gasteiger charge is -2.35. The first-order valence-corrected chi connectivity index (χ1v) is 9.83. The molecule has 1 fully saturated rings. The van der Waals surface area contributed by atoms with Gasteiger partial charge in [0.05, 0.1) is 13.2 Å². The molecule has 148 valence electrons. The number of carbonyl (C=O) groups is 1. The van der Waals surface area contributed by atoms with Gasteiger partial charge in [0.25, 0.3) is 0 Å². The van der Waals surface area contributed by atoms with Gasteiger partial charge in [0.2, 0.25) is 15.8 Å². The molecule has 0 aliphatic carbocycles. The molecular formula is C17H20Cl2N2O5S. The van der Waals surface area contributed by atoms with E-state index in [0.717, 1.165) is 5.56 Å². The quantitative estimate of drug-likeness (QED) is 0.744. The summed E-state index contributed by atoms with van der Waals surface area (Å²) in [4.78, 5) is 11.6. The van der Waals surface area contributed by atoms with Gasteiger partial charge in [-0.2, -0.15) is 4.31 Å². The number of sulfonamides is 1. The molecule has 10 heteroatoms. The van der Waals surface area contributed by atoms with Crippen molar-refractivity contribution in [2.75, 3.05) is 26.7 Å². The molecule has 0 radical (unpaired) electrons. The molecule has 0 amide bonds. The van der Waals surface area contributed by atoms with E-state index in [-0.39, 0.29) is 35.4 Å². The van der Waals surface area contributed by atoms with Gasteiger partial charge in [-0.1, -0.05) is 29.8 Å². The molecule has 2 heterocycles. The number of aryl methyl sites for hydroxylation is 1. The third-order valence-electron chi connectivity index (χ3n) is 4.30. The number of hydrogen-bond donors (Lipinski definition) is 1. The number of nitrogens with zero attached hydrogens (tertiary/aromatic N) is 1. The fourth-order valence-corrected chi connectivity index (χ4v) is 5.06. The van der Waals surface area contributed by atoms with Crippen LogP contribution in [-0.2, 0) is 14.8 Å². The highest BCUT2D eigenvalue weighted by Crippen LogP contribution is 2.34. The van der Waals surface area contributed by atoms with Crippen LogP contribution >= 0.6 is 24.0 Å². The summed E-state index contributed by atoms with van der Waals surface area (Å²) in [5.74, 6) is -0.729. The summed E-state index contributed by atoms with van der Waals surface area (Å²) in [6.07, 6.45) is 0. The molecular weight excluding hydrogens is 415 g/mol. The van der Waals surface area contributed by atoms with Crippen LogP contribution in [-0.4, -0.2) is 45.4 Å². The Labute approximate surface area is 169 Å². The number of esters is 1. The summed E-state index contributed by atoms with van der Waals surface area (Å²) in [6.45, 7) is 2.73. The first kappa shape index (κ1) is 21.7. The zero-order valence-electron chi connectivity index (χ0n) is 14.8. The second kappa shape index (κ2) is 8.62. The van der Waals surface area contributed by atoms with Crippen molar-refractivity contribution in [2.45, 2.75) is 17.9 Å². The van der Waals surface area contributed by atoms with Gasteiger partial charge in [-0.15, -0.1) is 12.4 Å². The van der Waals surface area contributed by atoms with Gasteiger partial charge in [-0.05, 0) is 18.6 Å². The Balaban J connectivity index is 0.00000261. The molecule has 3 rings (SSSR count). The third kappa shape index (κ3) is 4.14. The van der Waals surface area contributed by atoms with Crippen LogP contribution in [0.5, 0.6) is 0 Å². The molecule has 1 unspecified atom stereocenters. The van der Waals surface area contributed by atoms with Gasteiger partial charge in [0, 0.05) is 30.7 Å². The molecule has 2 aromatic rings. The SMILES string of the molecule is COC(=O)c1cc(S(=O)(=O)N2CCNCC2c2ccccc2Cl)c(C)o1.Cl. The van der Waals surface area contributed by atoms with Crippen LogP contribution in [0.2, 0.25) is 5.02 Å². The number of furan rings is 1. The first-order valence-electron chi connectivity index (χ1n) is 8.02. The lowest BCUT2D eigenvalue weighted by Crippen LogP contribution is -2.48. The number of carbonyl (C=O) groups excluding carboxylic acids is 1. The summed E-state index contributed by atoms with van der Waals surface area (Å²) in [5.41, 5.74) is 0.722. The van der Waals surface area contributed by atoms with Crippen molar-refractivity contribution in [3.63, 3.8) is 0 Å². The van der Waals surface area contributed by atoms with E-state index < -0.39 is 22.0 Å². The molecule has 0 saturated carbocycles. The average Bonchev–Trinajstić information content (AvgIpc) is 3.04. The zero-order valence-corrected chi connectivity index (χ0v) is 17.2. The maximum atomic E-state index is 13.3. The monoisotopic (exact) mass is 434 g/mol. The number of nitrogens with one attached hydrogen (secondary N) is 1. The van der Waals surface area contributed by atoms with Crippen LogP contribution in [0.4, 0.5) is 0 Å². The topological polar surface area (TPSA) is 88.9 Å². The Hall–Kier alpha value is -1.58. The number of rotatable bonds is 4. The summed E-state index contributed by atoms with van der Waals surface area (Å²) < 4.78 is 37.8. The molecule has 7 nitrogen and oxygen atoms in total. The summed E-state index contributed by atoms with van der Waals surface area (Å²) in [6, 6.07) is 7.91. The van der Waals surface area contributed by atoms with Gasteiger partial charge in [-0.3, -0.25) is 0 Å². The molecule has 1 aliphatic heterocycles. The van der Waals surface area contributed by atoms with Crippen molar-refractivity contribution >= 4 is 40.0 Å². The van der Waals surface area contributed by atoms with Crippen molar-refractivity contribution in [3.05, 3.63) is 52.4 Å². The van der Waals surface area contributed by atoms with Crippen LogP contribution in [0.25, 0.3) is 0 Å². The third-order valence-corrected chi connectivity index (χ3v) is 6.66. The molecule has 27 heavy (non-hydrogen) atoms. The van der Waals surface area contributed by atoms with E-state index in [0.29, 0.717) is 18.1 Å². The minimum Gasteiger partial charge on any atom is -0.463 e. The van der Waals surface area contributed by atoms with Crippen molar-refractivity contribution in [2.24, 2.45) is 0 Å². The van der Waals surface area contributed by atoms with Gasteiger partial charge in [0.1, 0.15) is 10.7 Å². The van der Waals surface area contributed by atoms with Crippen LogP contribution in [0.3, 0.4) is 0 Å². The number of halogens is 2. The lowest BCUT2D eigenvalue weighted by molar-refractivity contribution is 0.0563. The second-order valence-corrected chi connectivity index (χ2v) is 8.15. The van der Waals surface area contributed by atoms with E-state index in [1.54, 1.807) is 12.1 Å². The van der Waals surface area contributed by atoms with E-state index in [2.05, 4.69) is 10.1 Å². The van der Waals surface area contributed by atoms with Crippen molar-refractivity contribution in [1.82, 2.24) is 9.62 Å². The fourth-order valence-electron chi connectivity index (χ4n) is 3.03. The molecule has 1 saturated heterocycles. The largest absolute Gasteiger partial charge is 0.463 e. The molecule has 1 aromatic heterocycles. The smallest absolute Gasteiger partial charge is 0.373 e. The second-order valence-electron chi connectivity index (χ2n) is 5.88. The minimum absolute atomic E-state index is 0. The first-order chi connectivity index (χ1) is 12.4. The molecule has 0 bridgehead atoms. The van der Waals surface area contributed by atoms with E-state index >= 15 is 0 Å². The van der Waals surface area contributed by atoms with Gasteiger partial charge < -0.3 is 14.5 Å². The van der Waals surface area contributed by atoms with Crippen molar-refractivity contribution in [3.8, 4) is 0 Å². The van der Waals surface area contributed by atoms with Gasteiger partial charge >= 0.3 is 5.97 Å². The maximum absolute atomic E-state index is 13.3. The number of piperazine rings is 1. The fraction of sp³-hybridized carbons (Fsp3) is 0.353. The van der Waals surface area contributed by atoms with Crippen LogP contribution in [0, 0.1) is 6.92 Å². The predicted octanol–water partition coefficient (Wildman–Crippen LogP) is 2.79.